The molecule has 1 aromatic carbocycles. The van der Waals surface area contributed by atoms with Crippen molar-refractivity contribution >= 4 is 23.3 Å². The van der Waals surface area contributed by atoms with Crippen LogP contribution < -0.4 is 5.32 Å². The van der Waals surface area contributed by atoms with Crippen LogP contribution in [0.25, 0.3) is 11.2 Å². The quantitative estimate of drug-likeness (QED) is 0.344. The first kappa shape index (κ1) is 24.9. The molecule has 0 spiro atoms. The minimum absolute atomic E-state index is 0.797. The topological polar surface area (TPSA) is 54.6 Å². The molecule has 0 bridgehead atoms. The maximum Gasteiger partial charge on any atom is 0.180 e. The summed E-state index contributed by atoms with van der Waals surface area (Å²) in [7, 11) is 0. The van der Waals surface area contributed by atoms with Gasteiger partial charge in [0.05, 0.1) is 5.69 Å². The Morgan fingerprint density at radius 1 is 1.06 bits per heavy atom. The predicted molar refractivity (Wildman–Crippen MR) is 148 cm³/mol. The summed E-state index contributed by atoms with van der Waals surface area (Å²) in [4.78, 5) is 13.7. The fraction of sp³-hybridized carbons (Fsp3) is 0.433. The van der Waals surface area contributed by atoms with Gasteiger partial charge in [-0.2, -0.15) is 0 Å². The van der Waals surface area contributed by atoms with E-state index in [4.69, 9.17) is 4.98 Å². The molecule has 5 nitrogen and oxygen atoms in total. The molecule has 2 aromatic heterocycles. The second-order valence-electron chi connectivity index (χ2n) is 9.65. The van der Waals surface area contributed by atoms with Crippen LogP contribution in [-0.2, 0) is 0 Å². The van der Waals surface area contributed by atoms with Gasteiger partial charge in [0.25, 0.3) is 0 Å². The van der Waals surface area contributed by atoms with Gasteiger partial charge in [-0.1, -0.05) is 102 Å². The molecule has 184 valence electrons. The Morgan fingerprint density at radius 3 is 2.51 bits per heavy atom. The summed E-state index contributed by atoms with van der Waals surface area (Å²) >= 11 is 0. The average molecular weight is 470 g/mol. The lowest BCUT2D eigenvalue weighted by atomic mass is 9.92. The van der Waals surface area contributed by atoms with Crippen LogP contribution in [-0.4, -0.2) is 27.1 Å². The van der Waals surface area contributed by atoms with Gasteiger partial charge >= 0.3 is 0 Å². The van der Waals surface area contributed by atoms with Gasteiger partial charge in [-0.3, -0.25) is 4.99 Å². The number of hydrogen-bond acceptors (Lipinski definition) is 4. The number of benzene rings is 1. The molecule has 5 heteroatoms. The van der Waals surface area contributed by atoms with Gasteiger partial charge in [-0.05, 0) is 17.9 Å². The number of hydrogen-bond donors (Lipinski definition) is 1. The van der Waals surface area contributed by atoms with E-state index in [1.807, 2.05) is 47.4 Å². The summed E-state index contributed by atoms with van der Waals surface area (Å²) in [5, 5.41) is 3.62. The van der Waals surface area contributed by atoms with E-state index >= 15 is 0 Å². The van der Waals surface area contributed by atoms with E-state index in [9.17, 15) is 0 Å². The summed E-state index contributed by atoms with van der Waals surface area (Å²) in [6.07, 6.45) is 24.2. The van der Waals surface area contributed by atoms with Gasteiger partial charge < -0.3 is 9.72 Å². The third-order valence-corrected chi connectivity index (χ3v) is 7.11. The average Bonchev–Trinajstić information content (AvgIpc) is 3.34. The molecule has 35 heavy (non-hydrogen) atoms. The number of imidazole rings is 1. The van der Waals surface area contributed by atoms with Crippen LogP contribution >= 0.6 is 0 Å². The number of nitrogens with one attached hydrogen (secondary N) is 1. The molecule has 0 radical (unpaired) electrons. The lowest BCUT2D eigenvalue weighted by Gasteiger charge is -2.18. The number of rotatable bonds is 8. The Morgan fingerprint density at radius 2 is 1.77 bits per heavy atom. The highest BCUT2D eigenvalue weighted by Crippen LogP contribution is 2.27. The van der Waals surface area contributed by atoms with Crippen LogP contribution in [0, 0.1) is 5.92 Å². The number of fused-ring (bicyclic) bond motifs is 1. The van der Waals surface area contributed by atoms with E-state index in [0.29, 0.717) is 0 Å². The molecule has 1 fully saturated rings. The van der Waals surface area contributed by atoms with Crippen LogP contribution in [0.15, 0.2) is 67.2 Å². The Labute approximate surface area is 210 Å². The molecule has 0 unspecified atom stereocenters. The normalized spacial score (nSPS) is 16.2. The Hall–Kier alpha value is -3.21. The minimum atomic E-state index is 0.797. The highest BCUT2D eigenvalue weighted by Gasteiger charge is 2.14. The van der Waals surface area contributed by atoms with Gasteiger partial charge in [0.1, 0.15) is 0 Å². The second-order valence-corrected chi connectivity index (χ2v) is 9.65. The van der Waals surface area contributed by atoms with Crippen molar-refractivity contribution in [1.29, 1.82) is 0 Å². The molecule has 1 saturated carbocycles. The molecular formula is C30H39N5. The predicted octanol–water partition coefficient (Wildman–Crippen LogP) is 7.69. The molecule has 3 aromatic rings. The number of anilines is 1. The van der Waals surface area contributed by atoms with Crippen molar-refractivity contribution < 1.29 is 0 Å². The first-order chi connectivity index (χ1) is 17.3. The fourth-order valence-corrected chi connectivity index (χ4v) is 5.11. The van der Waals surface area contributed by atoms with E-state index in [-0.39, 0.29) is 0 Å². The zero-order valence-electron chi connectivity index (χ0n) is 21.0. The molecular weight excluding hydrogens is 430 g/mol. The number of nitrogens with zero attached hydrogens (tertiary/aromatic N) is 4. The lowest BCUT2D eigenvalue weighted by molar-refractivity contribution is 0.397. The monoisotopic (exact) mass is 469 g/mol. The zero-order valence-corrected chi connectivity index (χ0v) is 21.0. The van der Waals surface area contributed by atoms with Crippen LogP contribution in [0.3, 0.4) is 0 Å². The van der Waals surface area contributed by atoms with Crippen molar-refractivity contribution in [2.24, 2.45) is 10.9 Å². The zero-order chi connectivity index (χ0) is 24.3. The first-order valence-corrected chi connectivity index (χ1v) is 13.3. The smallest absolute Gasteiger partial charge is 0.180 e. The molecule has 1 N–H and O–H groups in total. The van der Waals surface area contributed by atoms with Crippen LogP contribution in [0.4, 0.5) is 5.82 Å². The number of aromatic nitrogens is 3. The third kappa shape index (κ3) is 6.91. The minimum Gasteiger partial charge on any atom is -0.367 e. The highest BCUT2D eigenvalue weighted by atomic mass is 15.1. The third-order valence-electron chi connectivity index (χ3n) is 7.11. The van der Waals surface area contributed by atoms with Crippen molar-refractivity contribution in [3.05, 3.63) is 79.0 Å². The second kappa shape index (κ2) is 13.0. The first-order valence-electron chi connectivity index (χ1n) is 13.3. The van der Waals surface area contributed by atoms with Crippen molar-refractivity contribution in [1.82, 2.24) is 14.4 Å². The van der Waals surface area contributed by atoms with Gasteiger partial charge in [0.2, 0.25) is 0 Å². The number of aliphatic imine (C=N–C) groups is 1. The van der Waals surface area contributed by atoms with E-state index in [0.717, 1.165) is 46.3 Å². The van der Waals surface area contributed by atoms with Gasteiger partial charge in [-0.15, -0.1) is 0 Å². The van der Waals surface area contributed by atoms with Crippen molar-refractivity contribution in [3.63, 3.8) is 0 Å². The van der Waals surface area contributed by atoms with E-state index in [1.54, 1.807) is 0 Å². The van der Waals surface area contributed by atoms with Gasteiger partial charge in [-0.25, -0.2) is 9.97 Å². The largest absolute Gasteiger partial charge is 0.367 e. The van der Waals surface area contributed by atoms with Crippen LogP contribution in [0.1, 0.15) is 87.4 Å². The molecule has 0 saturated heterocycles. The van der Waals surface area contributed by atoms with E-state index < -0.39 is 0 Å². The van der Waals surface area contributed by atoms with Crippen LogP contribution in [0.2, 0.25) is 0 Å². The fourth-order valence-electron chi connectivity index (χ4n) is 5.11. The summed E-state index contributed by atoms with van der Waals surface area (Å²) in [6.45, 7) is 8.98. The Balaban J connectivity index is 1.48. The maximum atomic E-state index is 4.97. The molecule has 0 atom stereocenters. The Bertz CT molecular complexity index is 1130. The molecule has 1 aliphatic carbocycles. The van der Waals surface area contributed by atoms with Gasteiger partial charge in [0.15, 0.2) is 11.5 Å². The molecule has 0 amide bonds. The maximum absolute atomic E-state index is 4.97. The molecule has 0 aliphatic heterocycles. The molecule has 2 heterocycles. The highest BCUT2D eigenvalue weighted by molar-refractivity contribution is 5.91. The van der Waals surface area contributed by atoms with E-state index in [2.05, 4.69) is 34.5 Å². The lowest BCUT2D eigenvalue weighted by Crippen LogP contribution is -2.12. The summed E-state index contributed by atoms with van der Waals surface area (Å²) in [5.74, 6) is 1.62. The van der Waals surface area contributed by atoms with E-state index in [1.165, 1.54) is 76.8 Å². The standard InChI is InChI=1S/C30H39N5/c1-3-31-22-26-16-12-13-17-27(26)24(2)28-23-35-21-20-33-30(35)29(34-28)32-19-18-25-14-10-8-6-4-5-7-9-11-15-25/h3,12-13,16-17,20-23,25H,1-2,4-11,14-15,18-19H2,(H,32,34). The van der Waals surface area contributed by atoms with Crippen LogP contribution in [0.5, 0.6) is 0 Å². The van der Waals surface area contributed by atoms with Crippen molar-refractivity contribution in [2.75, 3.05) is 11.9 Å². The molecule has 4 rings (SSSR count). The van der Waals surface area contributed by atoms with Crippen molar-refractivity contribution in [3.8, 4) is 0 Å². The van der Waals surface area contributed by atoms with Gasteiger partial charge in [0, 0.05) is 48.7 Å². The SMILES string of the molecule is C=CN=Cc1ccccc1C(=C)c1cn2ccnc2c(NCCC2CCCCCCCCCC2)n1. The summed E-state index contributed by atoms with van der Waals surface area (Å²) in [6, 6.07) is 8.11. The Kier molecular flexibility index (Phi) is 9.27. The summed E-state index contributed by atoms with van der Waals surface area (Å²) in [5.41, 5.74) is 4.54. The summed E-state index contributed by atoms with van der Waals surface area (Å²) < 4.78 is 2.03. The van der Waals surface area contributed by atoms with Crippen molar-refractivity contribution in [2.45, 2.75) is 70.6 Å². The molecule has 1 aliphatic rings.